The van der Waals surface area contributed by atoms with Crippen LogP contribution in [-0.2, 0) is 9.59 Å². The van der Waals surface area contributed by atoms with Gasteiger partial charge in [-0.3, -0.25) is 14.7 Å². The Hall–Kier alpha value is -2.37. The smallest absolute Gasteiger partial charge is 0.247 e. The van der Waals surface area contributed by atoms with E-state index >= 15 is 0 Å². The molecule has 0 unspecified atom stereocenters. The van der Waals surface area contributed by atoms with Crippen LogP contribution in [0.3, 0.4) is 0 Å². The Kier molecular flexibility index (Phi) is 3.83. The first-order valence-electron chi connectivity index (χ1n) is 7.65. The Morgan fingerprint density at radius 3 is 3.00 bits per heavy atom. The topological polar surface area (TPSA) is 78.1 Å². The molecule has 2 amide bonds. The van der Waals surface area contributed by atoms with E-state index in [1.807, 2.05) is 32.0 Å². The Labute approximate surface area is 128 Å². The lowest BCUT2D eigenvalue weighted by atomic mass is 10.1. The highest BCUT2D eigenvalue weighted by Gasteiger charge is 2.31. The Morgan fingerprint density at radius 2 is 2.32 bits per heavy atom. The van der Waals surface area contributed by atoms with E-state index in [4.69, 9.17) is 0 Å². The fourth-order valence-electron chi connectivity index (χ4n) is 2.99. The predicted molar refractivity (Wildman–Crippen MR) is 84.5 cm³/mol. The van der Waals surface area contributed by atoms with E-state index in [2.05, 4.69) is 15.5 Å². The molecule has 2 N–H and O–H groups in total. The van der Waals surface area contributed by atoms with Crippen LogP contribution in [0.5, 0.6) is 0 Å². The van der Waals surface area contributed by atoms with E-state index in [9.17, 15) is 9.59 Å². The van der Waals surface area contributed by atoms with Gasteiger partial charge in [0.2, 0.25) is 11.8 Å². The summed E-state index contributed by atoms with van der Waals surface area (Å²) < 4.78 is 0. The molecule has 6 nitrogen and oxygen atoms in total. The fraction of sp³-hybridized carbons (Fsp3) is 0.438. The number of likely N-dealkylation sites (tertiary alicyclic amines) is 1. The number of carbonyl (C=O) groups excluding carboxylic acids is 2. The van der Waals surface area contributed by atoms with Crippen LogP contribution in [0.2, 0.25) is 0 Å². The highest BCUT2D eigenvalue weighted by atomic mass is 16.2. The first kappa shape index (κ1) is 14.6. The van der Waals surface area contributed by atoms with Crippen LogP contribution >= 0.6 is 0 Å². The van der Waals surface area contributed by atoms with Gasteiger partial charge in [0, 0.05) is 29.7 Å². The van der Waals surface area contributed by atoms with Crippen LogP contribution in [0.15, 0.2) is 18.2 Å². The third-order valence-corrected chi connectivity index (χ3v) is 4.19. The zero-order chi connectivity index (χ0) is 15.7. The summed E-state index contributed by atoms with van der Waals surface area (Å²) in [6, 6.07) is 5.24. The molecular weight excluding hydrogens is 280 g/mol. The number of anilines is 1. The van der Waals surface area contributed by atoms with Crippen LogP contribution in [-0.4, -0.2) is 39.5 Å². The van der Waals surface area contributed by atoms with Gasteiger partial charge in [0.25, 0.3) is 0 Å². The van der Waals surface area contributed by atoms with Crippen LogP contribution in [0.1, 0.15) is 31.9 Å². The molecule has 1 saturated heterocycles. The van der Waals surface area contributed by atoms with Gasteiger partial charge in [-0.05, 0) is 38.0 Å². The van der Waals surface area contributed by atoms with Crippen molar-refractivity contribution in [3.63, 3.8) is 0 Å². The number of hydrogen-bond acceptors (Lipinski definition) is 3. The molecule has 2 aromatic rings. The number of carbonyl (C=O) groups is 2. The molecule has 0 radical (unpaired) electrons. The predicted octanol–water partition coefficient (Wildman–Crippen LogP) is 2.21. The summed E-state index contributed by atoms with van der Waals surface area (Å²) in [4.78, 5) is 26.0. The molecule has 0 aliphatic carbocycles. The van der Waals surface area contributed by atoms with Crippen molar-refractivity contribution in [3.05, 3.63) is 23.9 Å². The highest BCUT2D eigenvalue weighted by molar-refractivity contribution is 5.99. The number of aromatic amines is 1. The van der Waals surface area contributed by atoms with Crippen LogP contribution < -0.4 is 5.32 Å². The average molecular weight is 300 g/mol. The van der Waals surface area contributed by atoms with E-state index in [-0.39, 0.29) is 11.8 Å². The third-order valence-electron chi connectivity index (χ3n) is 4.19. The van der Waals surface area contributed by atoms with Crippen molar-refractivity contribution in [3.8, 4) is 0 Å². The summed E-state index contributed by atoms with van der Waals surface area (Å²) in [6.07, 6.45) is 1.99. The number of amides is 2. The second-order valence-electron chi connectivity index (χ2n) is 5.68. The van der Waals surface area contributed by atoms with Gasteiger partial charge in [-0.1, -0.05) is 6.92 Å². The number of aryl methyl sites for hydroxylation is 1. The van der Waals surface area contributed by atoms with E-state index in [0.717, 1.165) is 23.0 Å². The molecule has 0 saturated carbocycles. The number of fused-ring (bicyclic) bond motifs is 1. The molecule has 22 heavy (non-hydrogen) atoms. The summed E-state index contributed by atoms with van der Waals surface area (Å²) in [5.74, 6) is -0.0651. The SMILES string of the molecule is CC[C@H](C(=O)Nc1ccc2c(C)[nH]nc2c1)N1CCCC1=O. The largest absolute Gasteiger partial charge is 0.331 e. The van der Waals surface area contributed by atoms with Crippen LogP contribution in [0.4, 0.5) is 5.69 Å². The number of benzene rings is 1. The standard InChI is InChI=1S/C16H20N4O2/c1-3-14(20-8-4-5-15(20)21)16(22)17-11-6-7-12-10(2)18-19-13(12)9-11/h6-7,9,14H,3-5,8H2,1-2H3,(H,17,22)(H,18,19)/t14-/m1/s1. The first-order valence-corrected chi connectivity index (χ1v) is 7.65. The molecule has 1 aromatic heterocycles. The van der Waals surface area contributed by atoms with Crippen molar-refractivity contribution < 1.29 is 9.59 Å². The van der Waals surface area contributed by atoms with Crippen molar-refractivity contribution in [2.24, 2.45) is 0 Å². The van der Waals surface area contributed by atoms with Gasteiger partial charge >= 0.3 is 0 Å². The van der Waals surface area contributed by atoms with E-state index in [0.29, 0.717) is 25.1 Å². The number of rotatable bonds is 4. The molecule has 2 heterocycles. The maximum atomic E-state index is 12.5. The summed E-state index contributed by atoms with van der Waals surface area (Å²) in [5, 5.41) is 11.1. The lowest BCUT2D eigenvalue weighted by Crippen LogP contribution is -2.44. The van der Waals surface area contributed by atoms with Crippen molar-refractivity contribution in [2.75, 3.05) is 11.9 Å². The number of nitrogens with one attached hydrogen (secondary N) is 2. The minimum atomic E-state index is -0.397. The van der Waals surface area contributed by atoms with Gasteiger partial charge in [-0.15, -0.1) is 0 Å². The average Bonchev–Trinajstić information content (AvgIpc) is 3.07. The van der Waals surface area contributed by atoms with Gasteiger partial charge in [0.15, 0.2) is 0 Å². The van der Waals surface area contributed by atoms with E-state index < -0.39 is 6.04 Å². The zero-order valence-corrected chi connectivity index (χ0v) is 12.8. The van der Waals surface area contributed by atoms with Crippen LogP contribution in [0, 0.1) is 6.92 Å². The van der Waals surface area contributed by atoms with Crippen molar-refractivity contribution in [1.82, 2.24) is 15.1 Å². The third kappa shape index (κ3) is 2.56. The van der Waals surface area contributed by atoms with Gasteiger partial charge in [-0.2, -0.15) is 5.10 Å². The summed E-state index contributed by atoms with van der Waals surface area (Å²) in [7, 11) is 0. The maximum absolute atomic E-state index is 12.5. The second kappa shape index (κ2) is 5.79. The first-order chi connectivity index (χ1) is 10.6. The number of H-pyrrole nitrogens is 1. The minimum Gasteiger partial charge on any atom is -0.331 e. The molecular formula is C16H20N4O2. The maximum Gasteiger partial charge on any atom is 0.247 e. The van der Waals surface area contributed by atoms with Gasteiger partial charge in [0.1, 0.15) is 6.04 Å². The molecule has 0 bridgehead atoms. The van der Waals surface area contributed by atoms with Crippen molar-refractivity contribution in [2.45, 2.75) is 39.2 Å². The van der Waals surface area contributed by atoms with Crippen LogP contribution in [0.25, 0.3) is 10.9 Å². The second-order valence-corrected chi connectivity index (χ2v) is 5.68. The molecule has 1 fully saturated rings. The Bertz CT molecular complexity index is 722. The van der Waals surface area contributed by atoms with Gasteiger partial charge in [-0.25, -0.2) is 0 Å². The van der Waals surface area contributed by atoms with Gasteiger partial charge < -0.3 is 10.2 Å². The lowest BCUT2D eigenvalue weighted by Gasteiger charge is -2.25. The minimum absolute atomic E-state index is 0.0698. The monoisotopic (exact) mass is 300 g/mol. The summed E-state index contributed by atoms with van der Waals surface area (Å²) >= 11 is 0. The summed E-state index contributed by atoms with van der Waals surface area (Å²) in [6.45, 7) is 4.55. The summed E-state index contributed by atoms with van der Waals surface area (Å²) in [5.41, 5.74) is 2.52. The number of nitrogens with zero attached hydrogens (tertiary/aromatic N) is 2. The van der Waals surface area contributed by atoms with Crippen molar-refractivity contribution >= 4 is 28.4 Å². The molecule has 3 rings (SSSR count). The van der Waals surface area contributed by atoms with Gasteiger partial charge in [0.05, 0.1) is 5.52 Å². The molecule has 1 aliphatic rings. The molecule has 116 valence electrons. The van der Waals surface area contributed by atoms with Crippen molar-refractivity contribution in [1.29, 1.82) is 0 Å². The van der Waals surface area contributed by atoms with E-state index in [1.165, 1.54) is 0 Å². The van der Waals surface area contributed by atoms with E-state index in [1.54, 1.807) is 4.90 Å². The normalized spacial score (nSPS) is 16.3. The molecule has 6 heteroatoms. The molecule has 1 aliphatic heterocycles. The molecule has 0 spiro atoms. The Morgan fingerprint density at radius 1 is 1.50 bits per heavy atom. The highest BCUT2D eigenvalue weighted by Crippen LogP contribution is 2.21. The molecule has 1 atom stereocenters. The fourth-order valence-corrected chi connectivity index (χ4v) is 2.99. The Balaban J connectivity index is 1.77. The zero-order valence-electron chi connectivity index (χ0n) is 12.8. The quantitative estimate of drug-likeness (QED) is 0.908. The number of hydrogen-bond donors (Lipinski definition) is 2. The molecule has 1 aromatic carbocycles. The number of aromatic nitrogens is 2. The lowest BCUT2D eigenvalue weighted by molar-refractivity contribution is -0.135.